The zero-order valence-electron chi connectivity index (χ0n) is 13.2. The summed E-state index contributed by atoms with van der Waals surface area (Å²) in [6.45, 7) is 4.70. The van der Waals surface area contributed by atoms with E-state index in [-0.39, 0.29) is 5.91 Å². The standard InChI is InChI=1S/C17H21ClN2O3/c1-12-13(18)4-2-5-14(12)19-8-3-9-20(11-10-19)15(21)17(6-7-17)16(22)23/h2,4-5H,3,6-11H2,1H3,(H,22,23). The maximum absolute atomic E-state index is 12.5. The van der Waals surface area contributed by atoms with Gasteiger partial charge in [0.05, 0.1) is 0 Å². The molecule has 23 heavy (non-hydrogen) atoms. The molecule has 1 amide bonds. The second kappa shape index (κ2) is 6.04. The molecular weight excluding hydrogens is 316 g/mol. The lowest BCUT2D eigenvalue weighted by Gasteiger charge is -2.26. The van der Waals surface area contributed by atoms with E-state index in [0.29, 0.717) is 32.5 Å². The highest BCUT2D eigenvalue weighted by Gasteiger charge is 2.58. The minimum atomic E-state index is -1.14. The zero-order chi connectivity index (χ0) is 16.6. The van der Waals surface area contributed by atoms with Gasteiger partial charge in [-0.05, 0) is 43.9 Å². The third kappa shape index (κ3) is 2.90. The normalized spacial score (nSPS) is 20.1. The van der Waals surface area contributed by atoms with Gasteiger partial charge in [-0.25, -0.2) is 0 Å². The SMILES string of the molecule is Cc1c(Cl)cccc1N1CCCN(C(=O)C2(C(=O)O)CC2)CC1. The van der Waals surface area contributed by atoms with E-state index in [0.717, 1.165) is 29.2 Å². The van der Waals surface area contributed by atoms with E-state index in [9.17, 15) is 14.7 Å². The van der Waals surface area contributed by atoms with Crippen LogP contribution >= 0.6 is 11.6 Å². The number of hydrogen-bond donors (Lipinski definition) is 1. The number of halogens is 1. The first-order valence-electron chi connectivity index (χ1n) is 7.98. The van der Waals surface area contributed by atoms with Crippen LogP contribution in [0.25, 0.3) is 0 Å². The summed E-state index contributed by atoms with van der Waals surface area (Å²) in [6, 6.07) is 5.85. The van der Waals surface area contributed by atoms with Crippen molar-refractivity contribution in [2.75, 3.05) is 31.1 Å². The van der Waals surface area contributed by atoms with Crippen molar-refractivity contribution in [3.8, 4) is 0 Å². The van der Waals surface area contributed by atoms with Crippen LogP contribution in [0.2, 0.25) is 5.02 Å². The number of aliphatic carboxylic acids is 1. The van der Waals surface area contributed by atoms with Crippen molar-refractivity contribution in [2.45, 2.75) is 26.2 Å². The predicted molar refractivity (Wildman–Crippen MR) is 88.9 cm³/mol. The molecule has 6 heteroatoms. The van der Waals surface area contributed by atoms with Crippen molar-refractivity contribution in [3.63, 3.8) is 0 Å². The fourth-order valence-corrected chi connectivity index (χ4v) is 3.42. The second-order valence-corrected chi connectivity index (χ2v) is 6.81. The van der Waals surface area contributed by atoms with Gasteiger partial charge in [-0.2, -0.15) is 0 Å². The molecule has 124 valence electrons. The van der Waals surface area contributed by atoms with Crippen molar-refractivity contribution in [1.82, 2.24) is 4.90 Å². The summed E-state index contributed by atoms with van der Waals surface area (Å²) >= 11 is 6.20. The van der Waals surface area contributed by atoms with Crippen molar-refractivity contribution in [2.24, 2.45) is 5.41 Å². The van der Waals surface area contributed by atoms with Crippen LogP contribution in [-0.4, -0.2) is 48.1 Å². The molecule has 1 aliphatic carbocycles. The Kier molecular flexibility index (Phi) is 4.23. The number of amides is 1. The Hall–Kier alpha value is -1.75. The third-order valence-electron chi connectivity index (χ3n) is 4.93. The molecule has 0 aromatic heterocycles. The van der Waals surface area contributed by atoms with E-state index < -0.39 is 11.4 Å². The lowest BCUT2D eigenvalue weighted by molar-refractivity contribution is -0.153. The average Bonchev–Trinajstić information content (AvgIpc) is 3.33. The van der Waals surface area contributed by atoms with Crippen LogP contribution in [0.4, 0.5) is 5.69 Å². The first-order valence-corrected chi connectivity index (χ1v) is 8.36. The van der Waals surface area contributed by atoms with E-state index in [1.807, 2.05) is 25.1 Å². The summed E-state index contributed by atoms with van der Waals surface area (Å²) in [4.78, 5) is 27.8. The number of carboxylic acid groups (broad SMARTS) is 1. The summed E-state index contributed by atoms with van der Waals surface area (Å²) in [5.74, 6) is -1.19. The van der Waals surface area contributed by atoms with Crippen LogP contribution in [0.1, 0.15) is 24.8 Å². The zero-order valence-corrected chi connectivity index (χ0v) is 14.0. The van der Waals surface area contributed by atoms with Gasteiger partial charge in [-0.3, -0.25) is 9.59 Å². The maximum atomic E-state index is 12.5. The van der Waals surface area contributed by atoms with Gasteiger partial charge < -0.3 is 14.9 Å². The van der Waals surface area contributed by atoms with Gasteiger partial charge in [0.2, 0.25) is 5.91 Å². The van der Waals surface area contributed by atoms with Gasteiger partial charge >= 0.3 is 5.97 Å². The lowest BCUT2D eigenvalue weighted by atomic mass is 10.1. The Morgan fingerprint density at radius 1 is 1.17 bits per heavy atom. The Labute approximate surface area is 140 Å². The molecule has 2 fully saturated rings. The summed E-state index contributed by atoms with van der Waals surface area (Å²) < 4.78 is 0. The molecule has 1 saturated heterocycles. The van der Waals surface area contributed by atoms with E-state index in [1.54, 1.807) is 4.90 Å². The third-order valence-corrected chi connectivity index (χ3v) is 5.34. The van der Waals surface area contributed by atoms with Crippen LogP contribution in [0.15, 0.2) is 18.2 Å². The van der Waals surface area contributed by atoms with Gasteiger partial charge in [0.1, 0.15) is 5.41 Å². The quantitative estimate of drug-likeness (QED) is 0.862. The summed E-state index contributed by atoms with van der Waals surface area (Å²) in [7, 11) is 0. The molecule has 1 N–H and O–H groups in total. The van der Waals surface area contributed by atoms with E-state index in [4.69, 9.17) is 11.6 Å². The molecule has 0 radical (unpaired) electrons. The molecule has 1 aromatic rings. The summed E-state index contributed by atoms with van der Waals surface area (Å²) in [6.07, 6.45) is 1.76. The van der Waals surface area contributed by atoms with Crippen LogP contribution < -0.4 is 4.90 Å². The van der Waals surface area contributed by atoms with Crippen LogP contribution in [0, 0.1) is 12.3 Å². The van der Waals surface area contributed by atoms with Crippen molar-refractivity contribution < 1.29 is 14.7 Å². The molecule has 0 atom stereocenters. The molecule has 0 unspecified atom stereocenters. The summed E-state index contributed by atoms with van der Waals surface area (Å²) in [5, 5.41) is 10.0. The number of carbonyl (C=O) groups is 2. The molecule has 5 nitrogen and oxygen atoms in total. The van der Waals surface area contributed by atoms with E-state index in [1.165, 1.54) is 0 Å². The molecule has 1 aliphatic heterocycles. The highest BCUT2D eigenvalue weighted by atomic mass is 35.5. The number of carbonyl (C=O) groups excluding carboxylic acids is 1. The van der Waals surface area contributed by atoms with Gasteiger partial charge in [-0.1, -0.05) is 17.7 Å². The van der Waals surface area contributed by atoms with Crippen LogP contribution in [0.5, 0.6) is 0 Å². The minimum absolute atomic E-state index is 0.213. The minimum Gasteiger partial charge on any atom is -0.480 e. The Morgan fingerprint density at radius 3 is 2.57 bits per heavy atom. The summed E-state index contributed by atoms with van der Waals surface area (Å²) in [5.41, 5.74) is 0.991. The number of rotatable bonds is 3. The van der Waals surface area contributed by atoms with Gasteiger partial charge in [0, 0.05) is 36.9 Å². The van der Waals surface area contributed by atoms with Crippen LogP contribution in [-0.2, 0) is 9.59 Å². The largest absolute Gasteiger partial charge is 0.480 e. The van der Waals surface area contributed by atoms with Crippen molar-refractivity contribution in [3.05, 3.63) is 28.8 Å². The Morgan fingerprint density at radius 2 is 1.91 bits per heavy atom. The number of nitrogens with zero attached hydrogens (tertiary/aromatic N) is 2. The number of carboxylic acids is 1. The monoisotopic (exact) mass is 336 g/mol. The maximum Gasteiger partial charge on any atom is 0.319 e. The molecule has 1 aromatic carbocycles. The first-order chi connectivity index (χ1) is 11.0. The smallest absolute Gasteiger partial charge is 0.319 e. The molecule has 0 bridgehead atoms. The van der Waals surface area contributed by atoms with E-state index in [2.05, 4.69) is 4.90 Å². The second-order valence-electron chi connectivity index (χ2n) is 6.40. The topological polar surface area (TPSA) is 60.9 Å². The van der Waals surface area contributed by atoms with Crippen molar-refractivity contribution in [1.29, 1.82) is 0 Å². The molecule has 1 saturated carbocycles. The highest BCUT2D eigenvalue weighted by Crippen LogP contribution is 2.47. The fourth-order valence-electron chi connectivity index (χ4n) is 3.25. The lowest BCUT2D eigenvalue weighted by Crippen LogP contribution is -2.42. The molecule has 0 spiro atoms. The Bertz CT molecular complexity index is 643. The van der Waals surface area contributed by atoms with Crippen LogP contribution in [0.3, 0.4) is 0 Å². The molecule has 3 rings (SSSR count). The molecular formula is C17H21ClN2O3. The Balaban J connectivity index is 1.72. The van der Waals surface area contributed by atoms with Gasteiger partial charge in [0.15, 0.2) is 0 Å². The number of hydrogen-bond acceptors (Lipinski definition) is 3. The number of benzene rings is 1. The predicted octanol–water partition coefficient (Wildman–Crippen LogP) is 2.55. The average molecular weight is 337 g/mol. The first kappa shape index (κ1) is 16.1. The highest BCUT2D eigenvalue weighted by molar-refractivity contribution is 6.31. The van der Waals surface area contributed by atoms with Gasteiger partial charge in [0.25, 0.3) is 0 Å². The van der Waals surface area contributed by atoms with Crippen molar-refractivity contribution >= 4 is 29.2 Å². The molecule has 1 heterocycles. The van der Waals surface area contributed by atoms with Gasteiger partial charge in [-0.15, -0.1) is 0 Å². The van der Waals surface area contributed by atoms with E-state index >= 15 is 0 Å². The molecule has 2 aliphatic rings. The number of anilines is 1. The fraction of sp³-hybridized carbons (Fsp3) is 0.529.